The molecule has 0 bridgehead atoms. The summed E-state index contributed by atoms with van der Waals surface area (Å²) in [5.41, 5.74) is 6.24. The van der Waals surface area contributed by atoms with Crippen molar-refractivity contribution >= 4 is 29.4 Å². The van der Waals surface area contributed by atoms with Crippen molar-refractivity contribution in [3.05, 3.63) is 64.8 Å². The van der Waals surface area contributed by atoms with Gasteiger partial charge in [0.25, 0.3) is 0 Å². The fourth-order valence-corrected chi connectivity index (χ4v) is 2.24. The first-order valence-electron chi connectivity index (χ1n) is 7.01. The van der Waals surface area contributed by atoms with Crippen LogP contribution in [-0.4, -0.2) is 19.7 Å². The molecule has 0 fully saturated rings. The van der Waals surface area contributed by atoms with E-state index in [0.717, 1.165) is 11.6 Å². The van der Waals surface area contributed by atoms with Gasteiger partial charge in [-0.1, -0.05) is 29.8 Å². The summed E-state index contributed by atoms with van der Waals surface area (Å²) < 4.78 is 39.1. The Bertz CT molecular complexity index is 916. The number of nitrogens with two attached hydrogens (primary N) is 1. The van der Waals surface area contributed by atoms with Crippen molar-refractivity contribution in [2.75, 3.05) is 5.73 Å². The fraction of sp³-hybridized carbons (Fsp3) is 0.0625. The van der Waals surface area contributed by atoms with E-state index in [9.17, 15) is 13.2 Å². The minimum absolute atomic E-state index is 0.0642. The maximum atomic E-state index is 12.6. The Morgan fingerprint density at radius 1 is 1.08 bits per heavy atom. The van der Waals surface area contributed by atoms with Crippen LogP contribution < -0.4 is 5.73 Å². The molecule has 128 valence electrons. The molecule has 0 saturated carbocycles. The molecule has 2 N–H and O–H groups in total. The van der Waals surface area contributed by atoms with Gasteiger partial charge in [0.15, 0.2) is 11.6 Å². The van der Waals surface area contributed by atoms with Gasteiger partial charge in [0.2, 0.25) is 0 Å². The minimum Gasteiger partial charge on any atom is -0.399 e. The number of benzene rings is 1. The third kappa shape index (κ3) is 3.97. The molecule has 0 aliphatic rings. The maximum Gasteiger partial charge on any atom is 0.417 e. The highest BCUT2D eigenvalue weighted by atomic mass is 35.5. The Morgan fingerprint density at radius 2 is 1.80 bits per heavy atom. The van der Waals surface area contributed by atoms with E-state index in [1.54, 1.807) is 24.3 Å². The topological polar surface area (TPSA) is 69.6 Å². The number of nitrogen functional groups attached to an aromatic ring is 1. The summed E-state index contributed by atoms with van der Waals surface area (Å²) in [5, 5.41) is 3.96. The summed E-state index contributed by atoms with van der Waals surface area (Å²) in [4.78, 5) is 7.78. The second kappa shape index (κ2) is 6.56. The first kappa shape index (κ1) is 17.0. The zero-order valence-electron chi connectivity index (χ0n) is 12.6. The van der Waals surface area contributed by atoms with Crippen LogP contribution in [0.15, 0.2) is 42.9 Å². The lowest BCUT2D eigenvalue weighted by atomic mass is 10.2. The first-order valence-corrected chi connectivity index (χ1v) is 7.39. The summed E-state index contributed by atoms with van der Waals surface area (Å²) >= 11 is 5.89. The zero-order valence-corrected chi connectivity index (χ0v) is 13.3. The van der Waals surface area contributed by atoms with Crippen molar-refractivity contribution in [3.8, 4) is 5.82 Å². The van der Waals surface area contributed by atoms with Crippen LogP contribution in [0.4, 0.5) is 18.9 Å². The molecule has 0 aliphatic carbocycles. The highest BCUT2D eigenvalue weighted by Gasteiger charge is 2.31. The van der Waals surface area contributed by atoms with Crippen LogP contribution in [0.3, 0.4) is 0 Å². The SMILES string of the molecule is Nc1ccc(C=Cc2ncn(-c3ncc(C(F)(F)F)cc3Cl)n2)cc1. The smallest absolute Gasteiger partial charge is 0.399 e. The van der Waals surface area contributed by atoms with E-state index in [2.05, 4.69) is 15.1 Å². The van der Waals surface area contributed by atoms with Gasteiger partial charge in [-0.2, -0.15) is 13.2 Å². The Labute approximate surface area is 145 Å². The summed E-state index contributed by atoms with van der Waals surface area (Å²) in [7, 11) is 0. The van der Waals surface area contributed by atoms with Crippen LogP contribution in [0.1, 0.15) is 17.0 Å². The molecule has 5 nitrogen and oxygen atoms in total. The lowest BCUT2D eigenvalue weighted by Gasteiger charge is -2.08. The highest BCUT2D eigenvalue weighted by molar-refractivity contribution is 6.32. The van der Waals surface area contributed by atoms with Crippen LogP contribution in [-0.2, 0) is 6.18 Å². The predicted molar refractivity (Wildman–Crippen MR) is 88.9 cm³/mol. The number of nitrogens with zero attached hydrogens (tertiary/aromatic N) is 4. The van der Waals surface area contributed by atoms with Crippen LogP contribution in [0, 0.1) is 0 Å². The molecule has 25 heavy (non-hydrogen) atoms. The van der Waals surface area contributed by atoms with Gasteiger partial charge in [-0.05, 0) is 29.8 Å². The van der Waals surface area contributed by atoms with Crippen LogP contribution >= 0.6 is 11.6 Å². The van der Waals surface area contributed by atoms with Crippen LogP contribution in [0.25, 0.3) is 18.0 Å². The zero-order chi connectivity index (χ0) is 18.0. The van der Waals surface area contributed by atoms with Crippen LogP contribution in [0.5, 0.6) is 0 Å². The average Bonchev–Trinajstić information content (AvgIpc) is 3.02. The largest absolute Gasteiger partial charge is 0.417 e. The van der Waals surface area contributed by atoms with E-state index < -0.39 is 11.7 Å². The van der Waals surface area contributed by atoms with Crippen molar-refractivity contribution < 1.29 is 13.2 Å². The van der Waals surface area contributed by atoms with Crippen molar-refractivity contribution in [1.29, 1.82) is 0 Å². The number of halogens is 4. The molecule has 0 aliphatic heterocycles. The van der Waals surface area contributed by atoms with E-state index >= 15 is 0 Å². The maximum absolute atomic E-state index is 12.6. The van der Waals surface area contributed by atoms with Crippen molar-refractivity contribution in [3.63, 3.8) is 0 Å². The Morgan fingerprint density at radius 3 is 2.44 bits per heavy atom. The van der Waals surface area contributed by atoms with Gasteiger partial charge in [0.05, 0.1) is 10.6 Å². The van der Waals surface area contributed by atoms with Crippen LogP contribution in [0.2, 0.25) is 5.02 Å². The van der Waals surface area contributed by atoms with Gasteiger partial charge in [-0.15, -0.1) is 5.10 Å². The van der Waals surface area contributed by atoms with Gasteiger partial charge >= 0.3 is 6.18 Å². The number of alkyl halides is 3. The third-order valence-electron chi connectivity index (χ3n) is 3.24. The summed E-state index contributed by atoms with van der Waals surface area (Å²) in [6, 6.07) is 7.99. The lowest BCUT2D eigenvalue weighted by Crippen LogP contribution is -2.08. The van der Waals surface area contributed by atoms with Gasteiger partial charge in [-0.25, -0.2) is 14.6 Å². The Balaban J connectivity index is 1.83. The van der Waals surface area contributed by atoms with E-state index in [1.165, 1.54) is 11.0 Å². The summed E-state index contributed by atoms with van der Waals surface area (Å²) in [5.74, 6) is 0.420. The molecule has 2 aromatic heterocycles. The number of rotatable bonds is 3. The molecular formula is C16H11ClF3N5. The summed E-state index contributed by atoms with van der Waals surface area (Å²) in [6.07, 6.45) is 0.947. The molecule has 3 aromatic rings. The van der Waals surface area contributed by atoms with Gasteiger partial charge in [0.1, 0.15) is 6.33 Å². The molecule has 0 saturated heterocycles. The predicted octanol–water partition coefficient (Wildman–Crippen LogP) is 4.09. The lowest BCUT2D eigenvalue weighted by molar-refractivity contribution is -0.137. The quantitative estimate of drug-likeness (QED) is 0.710. The average molecular weight is 366 g/mol. The Kier molecular flexibility index (Phi) is 4.45. The monoisotopic (exact) mass is 365 g/mol. The van der Waals surface area contributed by atoms with Crippen molar-refractivity contribution in [2.45, 2.75) is 6.18 Å². The second-order valence-electron chi connectivity index (χ2n) is 5.07. The van der Waals surface area contributed by atoms with Gasteiger partial charge in [0, 0.05) is 11.9 Å². The second-order valence-corrected chi connectivity index (χ2v) is 5.48. The normalized spacial score (nSPS) is 12.0. The number of pyridine rings is 1. The molecule has 0 spiro atoms. The molecule has 0 radical (unpaired) electrons. The first-order chi connectivity index (χ1) is 11.8. The molecule has 2 heterocycles. The summed E-state index contributed by atoms with van der Waals surface area (Å²) in [6.45, 7) is 0. The standard InChI is InChI=1S/C16H11ClF3N5/c17-13-7-11(16(18,19)20)8-22-15(13)25-9-23-14(24-25)6-3-10-1-4-12(21)5-2-10/h1-9H,21H2. The molecule has 0 atom stereocenters. The van der Waals surface area contributed by atoms with Gasteiger partial charge < -0.3 is 5.73 Å². The minimum atomic E-state index is -4.51. The molecule has 0 amide bonds. The number of aromatic nitrogens is 4. The number of hydrogen-bond acceptors (Lipinski definition) is 4. The van der Waals surface area contributed by atoms with E-state index in [4.69, 9.17) is 17.3 Å². The number of hydrogen-bond donors (Lipinski definition) is 1. The van der Waals surface area contributed by atoms with E-state index in [-0.39, 0.29) is 10.8 Å². The fourth-order valence-electron chi connectivity index (χ4n) is 1.99. The molecule has 0 unspecified atom stereocenters. The van der Waals surface area contributed by atoms with E-state index in [1.807, 2.05) is 12.1 Å². The van der Waals surface area contributed by atoms with Crippen molar-refractivity contribution in [2.24, 2.45) is 0 Å². The Hall–Kier alpha value is -2.87. The number of anilines is 1. The molecular weight excluding hydrogens is 355 g/mol. The van der Waals surface area contributed by atoms with Gasteiger partial charge in [-0.3, -0.25) is 0 Å². The molecule has 9 heteroatoms. The van der Waals surface area contributed by atoms with Crippen molar-refractivity contribution in [1.82, 2.24) is 19.7 Å². The van der Waals surface area contributed by atoms with E-state index in [0.29, 0.717) is 17.7 Å². The molecule has 3 rings (SSSR count). The highest BCUT2D eigenvalue weighted by Crippen LogP contribution is 2.31. The molecule has 1 aromatic carbocycles. The third-order valence-corrected chi connectivity index (χ3v) is 3.52.